The highest BCUT2D eigenvalue weighted by atomic mass is 31.1. The number of benzene rings is 9. The SMILES string of the molecule is CC(C)(C)c1ccc2c(c1)c1cc(C(C)(C)C)ccc1n2-c1ccccc1-c1nc(-c2ccccc2OP(c2ccccc2)c2ccccc2)nc(-c2ccccc2-n2c3ccc(C(C)(C)C)cc3c3cc(C(C)(C)C)ccc32)n1. The zero-order valence-corrected chi connectivity index (χ0v) is 49.1. The molecule has 0 saturated heterocycles. The summed E-state index contributed by atoms with van der Waals surface area (Å²) in [7, 11) is -1.28. The van der Waals surface area contributed by atoms with Gasteiger partial charge >= 0.3 is 0 Å². The van der Waals surface area contributed by atoms with Crippen LogP contribution in [0.2, 0.25) is 0 Å². The third-order valence-electron chi connectivity index (χ3n) is 15.7. The molecule has 0 saturated carbocycles. The summed E-state index contributed by atoms with van der Waals surface area (Å²) in [5.74, 6) is 2.31. The molecule has 0 spiro atoms. The lowest BCUT2D eigenvalue weighted by Gasteiger charge is -2.21. The highest BCUT2D eigenvalue weighted by Crippen LogP contribution is 2.45. The average molecular weight is 1060 g/mol. The highest BCUT2D eigenvalue weighted by molar-refractivity contribution is 7.68. The van der Waals surface area contributed by atoms with Crippen LogP contribution in [0.4, 0.5) is 0 Å². The Bertz CT molecular complexity index is 3920. The van der Waals surface area contributed by atoms with Gasteiger partial charge in [0.1, 0.15) is 5.75 Å². The van der Waals surface area contributed by atoms with Gasteiger partial charge in [-0.25, -0.2) is 15.0 Å². The molecule has 0 aliphatic carbocycles. The molecule has 6 nitrogen and oxygen atoms in total. The lowest BCUT2D eigenvalue weighted by molar-refractivity contribution is 0.590. The van der Waals surface area contributed by atoms with Gasteiger partial charge < -0.3 is 13.7 Å². The summed E-state index contributed by atoms with van der Waals surface area (Å²) in [5, 5.41) is 7.08. The zero-order chi connectivity index (χ0) is 55.9. The smallest absolute Gasteiger partial charge is 0.167 e. The molecule has 0 aliphatic rings. The molecule has 9 aromatic carbocycles. The molecule has 0 amide bonds. The number of nitrogens with zero attached hydrogens (tertiary/aromatic N) is 5. The van der Waals surface area contributed by atoms with Crippen LogP contribution in [0.5, 0.6) is 5.75 Å². The summed E-state index contributed by atoms with van der Waals surface area (Å²) in [6.45, 7) is 27.5. The van der Waals surface area contributed by atoms with Crippen LogP contribution in [0.15, 0.2) is 206 Å². The molecule has 3 aromatic heterocycles. The Morgan fingerprint density at radius 3 is 0.938 bits per heavy atom. The predicted octanol–water partition coefficient (Wildman–Crippen LogP) is 18.7. The molecule has 0 atom stereocenters. The van der Waals surface area contributed by atoms with E-state index in [2.05, 4.69) is 280 Å². The molecule has 0 radical (unpaired) electrons. The minimum atomic E-state index is -1.28. The van der Waals surface area contributed by atoms with Gasteiger partial charge in [0.25, 0.3) is 0 Å². The molecule has 12 rings (SSSR count). The molecule has 80 heavy (non-hydrogen) atoms. The largest absolute Gasteiger partial charge is 0.464 e. The van der Waals surface area contributed by atoms with E-state index in [0.717, 1.165) is 60.7 Å². The summed E-state index contributed by atoms with van der Waals surface area (Å²) in [6.07, 6.45) is 0. The molecule has 7 heteroatoms. The van der Waals surface area contributed by atoms with E-state index in [4.69, 9.17) is 19.5 Å². The predicted molar refractivity (Wildman–Crippen MR) is 339 cm³/mol. The summed E-state index contributed by atoms with van der Waals surface area (Å²) in [5.41, 5.74) is 14.0. The van der Waals surface area contributed by atoms with Crippen molar-refractivity contribution in [2.75, 3.05) is 0 Å². The zero-order valence-electron chi connectivity index (χ0n) is 48.2. The van der Waals surface area contributed by atoms with Gasteiger partial charge in [-0.05, 0) is 129 Å². The van der Waals surface area contributed by atoms with E-state index >= 15 is 0 Å². The van der Waals surface area contributed by atoms with Crippen LogP contribution in [0.3, 0.4) is 0 Å². The molecular weight excluding hydrogens is 994 g/mol. The minimum Gasteiger partial charge on any atom is -0.464 e. The van der Waals surface area contributed by atoms with E-state index in [1.807, 2.05) is 18.2 Å². The number of rotatable bonds is 9. The van der Waals surface area contributed by atoms with Gasteiger partial charge in [0.2, 0.25) is 0 Å². The third-order valence-corrected chi connectivity index (χ3v) is 17.6. The maximum atomic E-state index is 7.31. The van der Waals surface area contributed by atoms with E-state index < -0.39 is 8.15 Å². The molecular formula is C73H70N5OP. The van der Waals surface area contributed by atoms with Crippen molar-refractivity contribution < 1.29 is 4.52 Å². The minimum absolute atomic E-state index is 0.0382. The van der Waals surface area contributed by atoms with Crippen LogP contribution in [-0.2, 0) is 21.7 Å². The van der Waals surface area contributed by atoms with E-state index in [1.54, 1.807) is 0 Å². The lowest BCUT2D eigenvalue weighted by atomic mass is 9.85. The molecule has 0 aliphatic heterocycles. The fourth-order valence-electron chi connectivity index (χ4n) is 11.1. The number of hydrogen-bond acceptors (Lipinski definition) is 4. The fraction of sp³-hybridized carbons (Fsp3) is 0.219. The van der Waals surface area contributed by atoms with Crippen LogP contribution in [0, 0.1) is 0 Å². The Kier molecular flexibility index (Phi) is 13.0. The number of aromatic nitrogens is 5. The number of hydrogen-bond donors (Lipinski definition) is 0. The first-order chi connectivity index (χ1) is 38.2. The van der Waals surface area contributed by atoms with Crippen LogP contribution < -0.4 is 15.1 Å². The first-order valence-corrected chi connectivity index (χ1v) is 29.3. The van der Waals surface area contributed by atoms with E-state index in [9.17, 15) is 0 Å². The standard InChI is InChI=1S/C73H70N5OP/c1-70(2,3)47-35-39-62-56(43-47)57-44-48(71(4,5)6)36-40-63(57)77(62)60-32-22-19-29-53(60)67-74-68(76-69(75-67)55-31-21-24-34-66(55)79-80(51-25-15-13-16-26-51)52-27-17-14-18-28-52)54-30-20-23-33-61(54)78-64-41-37-49(72(7,8)9)45-58(64)59-46-50(73(10,11)12)38-42-65(59)78/h13-46H,1-12H3. The Balaban J connectivity index is 1.12. The molecule has 0 N–H and O–H groups in total. The highest BCUT2D eigenvalue weighted by Gasteiger charge is 2.28. The summed E-state index contributed by atoms with van der Waals surface area (Å²) >= 11 is 0. The van der Waals surface area contributed by atoms with Gasteiger partial charge in [-0.1, -0.05) is 204 Å². The van der Waals surface area contributed by atoms with Gasteiger partial charge in [0.15, 0.2) is 25.6 Å². The fourth-order valence-corrected chi connectivity index (χ4v) is 12.8. The van der Waals surface area contributed by atoms with Crippen molar-refractivity contribution in [3.63, 3.8) is 0 Å². The van der Waals surface area contributed by atoms with Crippen molar-refractivity contribution in [1.82, 2.24) is 24.1 Å². The van der Waals surface area contributed by atoms with Gasteiger partial charge in [-0.2, -0.15) is 0 Å². The molecule has 0 bridgehead atoms. The van der Waals surface area contributed by atoms with Gasteiger partial charge in [-0.15, -0.1) is 0 Å². The molecule has 12 aromatic rings. The molecule has 0 fully saturated rings. The van der Waals surface area contributed by atoms with E-state index in [1.165, 1.54) is 43.8 Å². The van der Waals surface area contributed by atoms with Crippen molar-refractivity contribution in [1.29, 1.82) is 0 Å². The summed E-state index contributed by atoms with van der Waals surface area (Å²) in [6, 6.07) is 74.4. The van der Waals surface area contributed by atoms with Crippen LogP contribution in [0.25, 0.3) is 89.2 Å². The second-order valence-electron chi connectivity index (χ2n) is 25.5. The second-order valence-corrected chi connectivity index (χ2v) is 27.3. The Morgan fingerprint density at radius 2 is 0.600 bits per heavy atom. The first-order valence-electron chi connectivity index (χ1n) is 28.0. The van der Waals surface area contributed by atoms with Crippen molar-refractivity contribution in [2.45, 2.75) is 105 Å². The van der Waals surface area contributed by atoms with Crippen molar-refractivity contribution in [3.8, 4) is 51.3 Å². The van der Waals surface area contributed by atoms with Gasteiger partial charge in [-0.3, -0.25) is 0 Å². The van der Waals surface area contributed by atoms with E-state index in [-0.39, 0.29) is 21.7 Å². The maximum absolute atomic E-state index is 7.31. The Morgan fingerprint density at radius 1 is 0.312 bits per heavy atom. The molecule has 3 heterocycles. The van der Waals surface area contributed by atoms with Crippen LogP contribution in [-0.4, -0.2) is 24.1 Å². The van der Waals surface area contributed by atoms with Crippen molar-refractivity contribution >= 4 is 62.4 Å². The van der Waals surface area contributed by atoms with Crippen LogP contribution >= 0.6 is 8.15 Å². The normalized spacial score (nSPS) is 12.6. The van der Waals surface area contributed by atoms with Gasteiger partial charge in [0.05, 0.1) is 39.0 Å². The average Bonchev–Trinajstić information content (AvgIpc) is 4.03. The Hall–Kier alpha value is -8.18. The van der Waals surface area contributed by atoms with Crippen molar-refractivity contribution in [2.24, 2.45) is 0 Å². The quantitative estimate of drug-likeness (QED) is 0.135. The topological polar surface area (TPSA) is 57.8 Å². The summed E-state index contributed by atoms with van der Waals surface area (Å²) < 4.78 is 12.1. The van der Waals surface area contributed by atoms with Crippen LogP contribution in [0.1, 0.15) is 105 Å². The van der Waals surface area contributed by atoms with E-state index in [0.29, 0.717) is 23.2 Å². The Labute approximate surface area is 473 Å². The van der Waals surface area contributed by atoms with Crippen molar-refractivity contribution in [3.05, 3.63) is 229 Å². The van der Waals surface area contributed by atoms with Gasteiger partial charge in [0, 0.05) is 43.3 Å². The third kappa shape index (κ3) is 9.68. The molecule has 0 unspecified atom stereocenters. The monoisotopic (exact) mass is 1060 g/mol. The number of para-hydroxylation sites is 3. The number of fused-ring (bicyclic) bond motifs is 6. The summed E-state index contributed by atoms with van der Waals surface area (Å²) in [4.78, 5) is 16.8. The second kappa shape index (κ2) is 19.9. The first kappa shape index (κ1) is 52.5. The lowest BCUT2D eigenvalue weighted by Crippen LogP contribution is -2.15. The maximum Gasteiger partial charge on any atom is 0.167 e. The molecule has 398 valence electrons.